The van der Waals surface area contributed by atoms with E-state index in [4.69, 9.17) is 0 Å². The highest BCUT2D eigenvalue weighted by Gasteiger charge is 2.31. The van der Waals surface area contributed by atoms with Crippen LogP contribution in [0.2, 0.25) is 0 Å². The number of rotatable bonds is 3. The Balaban J connectivity index is 2.07. The molecule has 9 heteroatoms. The van der Waals surface area contributed by atoms with Crippen LogP contribution in [0.4, 0.5) is 23.7 Å². The van der Waals surface area contributed by atoms with Crippen LogP contribution in [0.15, 0.2) is 17.1 Å². The Hall–Kier alpha value is -2.03. The number of hydrogen-bond acceptors (Lipinski definition) is 3. The van der Waals surface area contributed by atoms with Gasteiger partial charge < -0.3 is 20.7 Å². The molecule has 1 aliphatic rings. The summed E-state index contributed by atoms with van der Waals surface area (Å²) >= 11 is 0. The summed E-state index contributed by atoms with van der Waals surface area (Å²) in [5.41, 5.74) is -2.35. The molecule has 0 aromatic carbocycles. The Labute approximate surface area is 136 Å². The number of aromatic nitrogens is 1. The largest absolute Gasteiger partial charge is 0.417 e. The highest BCUT2D eigenvalue weighted by atomic mass is 19.4. The van der Waals surface area contributed by atoms with Gasteiger partial charge in [-0.2, -0.15) is 13.2 Å². The minimum atomic E-state index is -4.62. The second kappa shape index (κ2) is 7.69. The smallest absolute Gasteiger partial charge is 0.396 e. The third kappa shape index (κ3) is 4.73. The predicted octanol–water partition coefficient (Wildman–Crippen LogP) is 2.46. The van der Waals surface area contributed by atoms with Crippen LogP contribution < -0.4 is 16.2 Å². The molecule has 1 aromatic rings. The van der Waals surface area contributed by atoms with Crippen molar-refractivity contribution in [2.75, 3.05) is 11.9 Å². The van der Waals surface area contributed by atoms with Gasteiger partial charge in [0.15, 0.2) is 0 Å². The summed E-state index contributed by atoms with van der Waals surface area (Å²) < 4.78 is 38.0. The van der Waals surface area contributed by atoms with E-state index in [1.165, 1.54) is 0 Å². The predicted molar refractivity (Wildman–Crippen MR) is 81.7 cm³/mol. The number of aliphatic hydroxyl groups is 1. The number of alkyl halides is 3. The molecule has 24 heavy (non-hydrogen) atoms. The molecule has 6 nitrogen and oxygen atoms in total. The zero-order valence-electron chi connectivity index (χ0n) is 12.9. The highest BCUT2D eigenvalue weighted by molar-refractivity contribution is 5.89. The summed E-state index contributed by atoms with van der Waals surface area (Å²) in [6.07, 6.45) is 0.232. The maximum absolute atomic E-state index is 12.7. The maximum Gasteiger partial charge on any atom is 0.417 e. The molecule has 2 atom stereocenters. The van der Waals surface area contributed by atoms with Crippen molar-refractivity contribution in [3.63, 3.8) is 0 Å². The topological polar surface area (TPSA) is 94.2 Å². The quantitative estimate of drug-likeness (QED) is 0.633. The van der Waals surface area contributed by atoms with E-state index in [9.17, 15) is 27.9 Å². The van der Waals surface area contributed by atoms with Gasteiger partial charge in [-0.25, -0.2) is 4.79 Å². The highest BCUT2D eigenvalue weighted by Crippen LogP contribution is 2.29. The first kappa shape index (κ1) is 18.3. The standard InChI is InChI=1S/C15H20F3N3O3/c16-15(17,18)10-6-12(13(23)19-7-10)21-14(24)20-11-5-3-1-2-4-9(11)8-22/h6-7,9,11,22H,1-5,8H2,(H,19,23)(H2,20,21,24). The van der Waals surface area contributed by atoms with Crippen molar-refractivity contribution in [1.29, 1.82) is 0 Å². The average Bonchev–Trinajstić information content (AvgIpc) is 2.73. The molecule has 0 spiro atoms. The molecule has 0 radical (unpaired) electrons. The van der Waals surface area contributed by atoms with E-state index in [1.807, 2.05) is 4.98 Å². The first-order valence-corrected chi connectivity index (χ1v) is 7.79. The molecule has 0 aliphatic heterocycles. The van der Waals surface area contributed by atoms with Crippen molar-refractivity contribution in [1.82, 2.24) is 10.3 Å². The molecular weight excluding hydrogens is 327 g/mol. The van der Waals surface area contributed by atoms with Gasteiger partial charge in [0, 0.05) is 24.8 Å². The molecule has 2 amide bonds. The Morgan fingerprint density at radius 2 is 2.00 bits per heavy atom. The second-order valence-corrected chi connectivity index (χ2v) is 5.91. The lowest BCUT2D eigenvalue weighted by Gasteiger charge is -2.24. The lowest BCUT2D eigenvalue weighted by atomic mass is 9.96. The molecular formula is C15H20F3N3O3. The minimum Gasteiger partial charge on any atom is -0.396 e. The number of halogens is 3. The Morgan fingerprint density at radius 3 is 2.67 bits per heavy atom. The molecule has 2 rings (SSSR count). The van der Waals surface area contributed by atoms with Gasteiger partial charge in [-0.1, -0.05) is 19.3 Å². The van der Waals surface area contributed by atoms with Crippen molar-refractivity contribution in [3.05, 3.63) is 28.2 Å². The summed E-state index contributed by atoms with van der Waals surface area (Å²) in [7, 11) is 0. The molecule has 1 aliphatic carbocycles. The van der Waals surface area contributed by atoms with Gasteiger partial charge >= 0.3 is 12.2 Å². The molecule has 0 bridgehead atoms. The van der Waals surface area contributed by atoms with Crippen LogP contribution in [-0.2, 0) is 6.18 Å². The number of nitrogens with one attached hydrogen (secondary N) is 3. The molecule has 1 heterocycles. The minimum absolute atomic E-state index is 0.0743. The number of carbonyl (C=O) groups excluding carboxylic acids is 1. The number of carbonyl (C=O) groups is 1. The first-order chi connectivity index (χ1) is 11.3. The van der Waals surface area contributed by atoms with Crippen LogP contribution >= 0.6 is 0 Å². The van der Waals surface area contributed by atoms with Gasteiger partial charge in [-0.05, 0) is 18.9 Å². The van der Waals surface area contributed by atoms with E-state index < -0.39 is 29.0 Å². The van der Waals surface area contributed by atoms with Crippen LogP contribution in [-0.4, -0.2) is 28.8 Å². The summed E-state index contributed by atoms with van der Waals surface area (Å²) in [4.78, 5) is 25.6. The molecule has 1 saturated carbocycles. The molecule has 1 aromatic heterocycles. The summed E-state index contributed by atoms with van der Waals surface area (Å²) in [5.74, 6) is -0.0990. The van der Waals surface area contributed by atoms with E-state index in [0.717, 1.165) is 25.7 Å². The van der Waals surface area contributed by atoms with E-state index in [1.54, 1.807) is 0 Å². The number of urea groups is 1. The Kier molecular flexibility index (Phi) is 5.87. The molecule has 4 N–H and O–H groups in total. The van der Waals surface area contributed by atoms with Gasteiger partial charge in [0.25, 0.3) is 5.56 Å². The lowest BCUT2D eigenvalue weighted by Crippen LogP contribution is -2.43. The number of pyridine rings is 1. The fraction of sp³-hybridized carbons (Fsp3) is 0.600. The average molecular weight is 347 g/mol. The summed E-state index contributed by atoms with van der Waals surface area (Å²) in [6, 6.07) is -0.442. The van der Waals surface area contributed by atoms with E-state index >= 15 is 0 Å². The van der Waals surface area contributed by atoms with Crippen LogP contribution in [0.1, 0.15) is 37.7 Å². The fourth-order valence-corrected chi connectivity index (χ4v) is 2.86. The van der Waals surface area contributed by atoms with Gasteiger partial charge in [-0.15, -0.1) is 0 Å². The maximum atomic E-state index is 12.7. The van der Waals surface area contributed by atoms with E-state index in [2.05, 4.69) is 10.6 Å². The fourth-order valence-electron chi connectivity index (χ4n) is 2.86. The summed E-state index contributed by atoms with van der Waals surface area (Å²) in [6.45, 7) is -0.0743. The normalized spacial score (nSPS) is 21.8. The van der Waals surface area contributed by atoms with Gasteiger partial charge in [0.1, 0.15) is 5.69 Å². The summed E-state index contributed by atoms with van der Waals surface area (Å²) in [5, 5.41) is 14.2. The van der Waals surface area contributed by atoms with Crippen LogP contribution in [0, 0.1) is 5.92 Å². The van der Waals surface area contributed by atoms with Crippen molar-refractivity contribution >= 4 is 11.7 Å². The van der Waals surface area contributed by atoms with Crippen LogP contribution in [0.5, 0.6) is 0 Å². The number of aromatic amines is 1. The van der Waals surface area contributed by atoms with Gasteiger partial charge in [0.05, 0.1) is 5.56 Å². The van der Waals surface area contributed by atoms with Crippen molar-refractivity contribution in [3.8, 4) is 0 Å². The molecule has 1 fully saturated rings. The van der Waals surface area contributed by atoms with E-state index in [0.29, 0.717) is 18.7 Å². The number of H-pyrrole nitrogens is 1. The number of anilines is 1. The third-order valence-corrected chi connectivity index (χ3v) is 4.19. The third-order valence-electron chi connectivity index (χ3n) is 4.19. The van der Waals surface area contributed by atoms with Crippen LogP contribution in [0.25, 0.3) is 0 Å². The molecule has 134 valence electrons. The first-order valence-electron chi connectivity index (χ1n) is 7.79. The lowest BCUT2D eigenvalue weighted by molar-refractivity contribution is -0.137. The Morgan fingerprint density at radius 1 is 1.29 bits per heavy atom. The molecule has 0 saturated heterocycles. The van der Waals surface area contributed by atoms with Crippen molar-refractivity contribution in [2.45, 2.75) is 44.3 Å². The van der Waals surface area contributed by atoms with Gasteiger partial charge in [-0.3, -0.25) is 4.79 Å². The van der Waals surface area contributed by atoms with Crippen molar-refractivity contribution < 1.29 is 23.1 Å². The van der Waals surface area contributed by atoms with Crippen LogP contribution in [0.3, 0.4) is 0 Å². The zero-order valence-corrected chi connectivity index (χ0v) is 12.9. The van der Waals surface area contributed by atoms with E-state index in [-0.39, 0.29) is 18.6 Å². The SMILES string of the molecule is O=C(Nc1cc(C(F)(F)F)c[nH]c1=O)NC1CCCCCC1CO. The monoisotopic (exact) mass is 347 g/mol. The zero-order chi connectivity index (χ0) is 17.7. The number of hydrogen-bond donors (Lipinski definition) is 4. The Bertz CT molecular complexity index is 630. The molecule has 2 unspecified atom stereocenters. The number of amides is 2. The second-order valence-electron chi connectivity index (χ2n) is 5.91. The van der Waals surface area contributed by atoms with Gasteiger partial charge in [0.2, 0.25) is 0 Å². The number of aliphatic hydroxyl groups excluding tert-OH is 1. The van der Waals surface area contributed by atoms with Crippen molar-refractivity contribution in [2.24, 2.45) is 5.92 Å².